The largest absolute Gasteiger partial charge is 0.465 e. The number of ketones is 1. The topological polar surface area (TPSA) is 95.5 Å². The molecule has 3 fully saturated rings. The molecule has 0 aliphatic heterocycles. The highest BCUT2D eigenvalue weighted by Crippen LogP contribution is 2.75. The van der Waals surface area contributed by atoms with Gasteiger partial charge in [-0.25, -0.2) is 0 Å². The van der Waals surface area contributed by atoms with Gasteiger partial charge in [-0.3, -0.25) is 19.6 Å². The first-order valence-electron chi connectivity index (χ1n) is 19.5. The van der Waals surface area contributed by atoms with E-state index in [1.54, 1.807) is 12.4 Å². The Bertz CT molecular complexity index is 1740. The van der Waals surface area contributed by atoms with Crippen molar-refractivity contribution in [3.05, 3.63) is 71.3 Å². The van der Waals surface area contributed by atoms with Crippen molar-refractivity contribution in [2.24, 2.45) is 44.8 Å². The van der Waals surface area contributed by atoms with Crippen molar-refractivity contribution >= 4 is 17.7 Å². The maximum absolute atomic E-state index is 14.4. The number of aromatic nitrogens is 2. The molecule has 5 aliphatic rings. The molecule has 8 atom stereocenters. The third-order valence-corrected chi connectivity index (χ3v) is 15.4. The van der Waals surface area contributed by atoms with Gasteiger partial charge < -0.3 is 14.3 Å². The maximum atomic E-state index is 14.4. The Morgan fingerprint density at radius 1 is 0.843 bits per heavy atom. The monoisotopic (exact) mass is 694 g/mol. The first kappa shape index (κ1) is 36.0. The molecule has 274 valence electrons. The van der Waals surface area contributed by atoms with Crippen LogP contribution in [-0.2, 0) is 42.3 Å². The summed E-state index contributed by atoms with van der Waals surface area (Å²) in [5, 5.41) is 0. The number of carbonyl (C=O) groups is 3. The number of hydrogen-bond acceptors (Lipinski definition) is 7. The summed E-state index contributed by atoms with van der Waals surface area (Å²) < 4.78 is 12.2. The van der Waals surface area contributed by atoms with Crippen molar-refractivity contribution in [1.29, 1.82) is 0 Å². The summed E-state index contributed by atoms with van der Waals surface area (Å²) >= 11 is 0. The van der Waals surface area contributed by atoms with Crippen molar-refractivity contribution in [3.63, 3.8) is 0 Å². The minimum absolute atomic E-state index is 0.00571. The SMILES string of the molecule is CC(=O)CCC(=O)OC[C@]1(C)c2nccnc2C[C@@]2(C)[C@H]1CC[C@]1(C)[C@@H]2CC=C2[C@@H]3CC(C)(C)CC[C@]3(C(=O)OCc3ccccc3)CC[C@]21C. The fourth-order valence-corrected chi connectivity index (χ4v) is 12.4. The lowest BCUT2D eigenvalue weighted by Crippen LogP contribution is -2.65. The summed E-state index contributed by atoms with van der Waals surface area (Å²) in [6.45, 7) is 16.6. The Morgan fingerprint density at radius 2 is 1.57 bits per heavy atom. The second-order valence-electron chi connectivity index (χ2n) is 18.7. The highest BCUT2D eigenvalue weighted by Gasteiger charge is 2.70. The number of carbonyl (C=O) groups excluding carboxylic acids is 3. The highest BCUT2D eigenvalue weighted by atomic mass is 16.5. The minimum Gasteiger partial charge on any atom is -0.465 e. The molecule has 1 heterocycles. The number of allylic oxidation sites excluding steroid dienone is 2. The first-order chi connectivity index (χ1) is 24.1. The van der Waals surface area contributed by atoms with Crippen LogP contribution in [0.1, 0.15) is 130 Å². The molecule has 0 radical (unpaired) electrons. The Hall–Kier alpha value is -3.35. The van der Waals surface area contributed by atoms with Crippen LogP contribution < -0.4 is 0 Å². The number of ether oxygens (including phenoxy) is 2. The molecule has 7 heteroatoms. The molecular weight excluding hydrogens is 636 g/mol. The fraction of sp³-hybridized carbons (Fsp3) is 0.659. The van der Waals surface area contributed by atoms with Crippen LogP contribution in [0.2, 0.25) is 0 Å². The van der Waals surface area contributed by atoms with E-state index in [2.05, 4.69) is 47.6 Å². The Kier molecular flexibility index (Phi) is 8.94. The van der Waals surface area contributed by atoms with Crippen LogP contribution in [0.4, 0.5) is 0 Å². The molecule has 7 rings (SSSR count). The number of Topliss-reactive ketones (excluding diaryl/α,β-unsaturated/α-hetero) is 1. The summed E-state index contributed by atoms with van der Waals surface area (Å²) in [5.74, 6) is 0.458. The summed E-state index contributed by atoms with van der Waals surface area (Å²) in [6.07, 6.45) is 15.1. The number of hydrogen-bond donors (Lipinski definition) is 0. The van der Waals surface area contributed by atoms with E-state index in [0.717, 1.165) is 74.7 Å². The zero-order valence-corrected chi connectivity index (χ0v) is 32.0. The maximum Gasteiger partial charge on any atom is 0.313 e. The second-order valence-corrected chi connectivity index (χ2v) is 18.7. The summed E-state index contributed by atoms with van der Waals surface area (Å²) in [5.41, 5.74) is 3.56. The Labute approximate surface area is 304 Å². The van der Waals surface area contributed by atoms with E-state index in [9.17, 15) is 14.4 Å². The molecule has 0 saturated heterocycles. The van der Waals surface area contributed by atoms with Gasteiger partial charge in [0.2, 0.25) is 0 Å². The Morgan fingerprint density at radius 3 is 2.31 bits per heavy atom. The lowest BCUT2D eigenvalue weighted by molar-refractivity contribution is -0.185. The second kappa shape index (κ2) is 12.7. The molecule has 2 aromatic rings. The zero-order valence-electron chi connectivity index (χ0n) is 32.0. The van der Waals surface area contributed by atoms with Crippen molar-refractivity contribution < 1.29 is 23.9 Å². The normalized spacial score (nSPS) is 37.6. The average molecular weight is 695 g/mol. The van der Waals surface area contributed by atoms with Crippen molar-refractivity contribution in [3.8, 4) is 0 Å². The van der Waals surface area contributed by atoms with Gasteiger partial charge in [0.05, 0.1) is 23.2 Å². The van der Waals surface area contributed by atoms with Crippen LogP contribution in [0.3, 0.4) is 0 Å². The van der Waals surface area contributed by atoms with Gasteiger partial charge in [0.1, 0.15) is 19.0 Å². The van der Waals surface area contributed by atoms with Crippen molar-refractivity contribution in [2.45, 2.75) is 131 Å². The van der Waals surface area contributed by atoms with Crippen LogP contribution in [0.15, 0.2) is 54.4 Å². The molecule has 1 aromatic heterocycles. The molecule has 0 bridgehead atoms. The lowest BCUT2D eigenvalue weighted by atomic mass is 9.33. The van der Waals surface area contributed by atoms with Gasteiger partial charge in [-0.1, -0.05) is 83.5 Å². The van der Waals surface area contributed by atoms with Gasteiger partial charge in [0.15, 0.2) is 0 Å². The van der Waals surface area contributed by atoms with E-state index in [1.807, 2.05) is 30.3 Å². The summed E-state index contributed by atoms with van der Waals surface area (Å²) in [4.78, 5) is 48.6. The summed E-state index contributed by atoms with van der Waals surface area (Å²) in [7, 11) is 0. The molecule has 3 saturated carbocycles. The molecule has 0 unspecified atom stereocenters. The van der Waals surface area contributed by atoms with Gasteiger partial charge in [-0.15, -0.1) is 0 Å². The number of rotatable bonds is 8. The van der Waals surface area contributed by atoms with Gasteiger partial charge in [-0.05, 0) is 110 Å². The quantitative estimate of drug-likeness (QED) is 0.201. The van der Waals surface area contributed by atoms with Crippen LogP contribution in [-0.4, -0.2) is 34.3 Å². The lowest BCUT2D eigenvalue weighted by Gasteiger charge is -2.70. The molecule has 51 heavy (non-hydrogen) atoms. The Balaban J connectivity index is 1.23. The molecular formula is C44H58N2O5. The number of benzene rings is 1. The minimum atomic E-state index is -0.494. The van der Waals surface area contributed by atoms with Gasteiger partial charge in [0, 0.05) is 24.2 Å². The predicted octanol–water partition coefficient (Wildman–Crippen LogP) is 8.93. The van der Waals surface area contributed by atoms with E-state index in [0.29, 0.717) is 12.5 Å². The van der Waals surface area contributed by atoms with E-state index in [4.69, 9.17) is 19.4 Å². The van der Waals surface area contributed by atoms with Crippen molar-refractivity contribution in [2.75, 3.05) is 6.61 Å². The van der Waals surface area contributed by atoms with E-state index < -0.39 is 10.8 Å². The van der Waals surface area contributed by atoms with Crippen LogP contribution >= 0.6 is 0 Å². The molecule has 5 aliphatic carbocycles. The third-order valence-electron chi connectivity index (χ3n) is 15.4. The van der Waals surface area contributed by atoms with Crippen molar-refractivity contribution in [1.82, 2.24) is 9.97 Å². The van der Waals surface area contributed by atoms with Gasteiger partial charge in [-0.2, -0.15) is 0 Å². The van der Waals surface area contributed by atoms with Gasteiger partial charge in [0.25, 0.3) is 0 Å². The highest BCUT2D eigenvalue weighted by molar-refractivity contribution is 5.81. The number of fused-ring (bicyclic) bond motifs is 8. The summed E-state index contributed by atoms with van der Waals surface area (Å²) in [6, 6.07) is 10.1. The van der Waals surface area contributed by atoms with Gasteiger partial charge >= 0.3 is 11.9 Å². The first-order valence-corrected chi connectivity index (χ1v) is 19.5. The van der Waals surface area contributed by atoms with Crippen LogP contribution in [0.5, 0.6) is 0 Å². The van der Waals surface area contributed by atoms with E-state index >= 15 is 0 Å². The molecule has 0 N–H and O–H groups in total. The van der Waals surface area contributed by atoms with E-state index in [1.165, 1.54) is 12.5 Å². The number of esters is 2. The predicted molar refractivity (Wildman–Crippen MR) is 196 cm³/mol. The smallest absolute Gasteiger partial charge is 0.313 e. The molecule has 0 amide bonds. The molecule has 1 aromatic carbocycles. The average Bonchev–Trinajstić information content (AvgIpc) is 3.09. The standard InChI is InChI=1S/C44H58N2O5/c1-29(47)13-16-36(48)51-28-41(5)34-17-18-43(7)35(40(34,4)26-33-37(41)46-24-23-45-33)15-14-31-32-25-39(2,3)19-21-44(32,22-20-42(31,43)6)38(49)50-27-30-11-9-8-10-12-30/h8-12,14,23-24,32,34-35H,13,15-22,25-28H2,1-7H3/t32-,34+,35+,40-,41-,42+,43+,44-/m0/s1. The fourth-order valence-electron chi connectivity index (χ4n) is 12.4. The zero-order chi connectivity index (χ0) is 36.5. The van der Waals surface area contributed by atoms with E-state index in [-0.39, 0.29) is 70.7 Å². The third kappa shape index (κ3) is 5.71. The van der Waals surface area contributed by atoms with Crippen LogP contribution in [0, 0.1) is 44.8 Å². The number of nitrogens with zero attached hydrogens (tertiary/aromatic N) is 2. The van der Waals surface area contributed by atoms with Crippen LogP contribution in [0.25, 0.3) is 0 Å². The molecule has 7 nitrogen and oxygen atoms in total. The molecule has 0 spiro atoms.